The van der Waals surface area contributed by atoms with E-state index in [2.05, 4.69) is 10.0 Å². The van der Waals surface area contributed by atoms with Crippen molar-refractivity contribution in [2.45, 2.75) is 4.90 Å². The van der Waals surface area contributed by atoms with Crippen molar-refractivity contribution in [3.8, 4) is 0 Å². The van der Waals surface area contributed by atoms with E-state index in [9.17, 15) is 8.42 Å². The summed E-state index contributed by atoms with van der Waals surface area (Å²) in [6, 6.07) is 7.40. The molecular weight excluding hydrogens is 270 g/mol. The van der Waals surface area contributed by atoms with E-state index >= 15 is 0 Å². The Morgan fingerprint density at radius 3 is 2.72 bits per heavy atom. The van der Waals surface area contributed by atoms with Gasteiger partial charge in [-0.25, -0.2) is 0 Å². The van der Waals surface area contributed by atoms with Gasteiger partial charge in [-0.3, -0.25) is 4.72 Å². The third kappa shape index (κ3) is 3.38. The van der Waals surface area contributed by atoms with Gasteiger partial charge in [0.2, 0.25) is 0 Å². The highest BCUT2D eigenvalue weighted by atomic mass is 32.2. The quantitative estimate of drug-likeness (QED) is 0.810. The zero-order valence-electron chi connectivity index (χ0n) is 10.2. The smallest absolute Gasteiger partial charge is 0.301 e. The van der Waals surface area contributed by atoms with Gasteiger partial charge >= 0.3 is 10.2 Å². The minimum atomic E-state index is -3.43. The normalized spacial score (nSPS) is 17.6. The Hall–Kier alpha value is -0.760. The molecule has 0 radical (unpaired) electrons. The number of hydrogen-bond donors (Lipinski definition) is 2. The molecule has 18 heavy (non-hydrogen) atoms. The number of hydrogen-bond acceptors (Lipinski definition) is 4. The Morgan fingerprint density at radius 2 is 2.06 bits per heavy atom. The van der Waals surface area contributed by atoms with Gasteiger partial charge < -0.3 is 5.32 Å². The Kier molecular flexibility index (Phi) is 4.50. The van der Waals surface area contributed by atoms with Crippen LogP contribution in [0.4, 0.5) is 5.69 Å². The maximum Gasteiger partial charge on any atom is 0.301 e. The average Bonchev–Trinajstić information content (AvgIpc) is 2.39. The fourth-order valence-electron chi connectivity index (χ4n) is 1.78. The summed E-state index contributed by atoms with van der Waals surface area (Å²) in [6.07, 6.45) is 1.96. The molecule has 1 aliphatic rings. The molecule has 2 rings (SSSR count). The van der Waals surface area contributed by atoms with Crippen molar-refractivity contribution in [2.24, 2.45) is 0 Å². The first kappa shape index (κ1) is 13.7. The molecule has 7 heteroatoms. The van der Waals surface area contributed by atoms with E-state index in [0.717, 1.165) is 4.90 Å². The second-order valence-corrected chi connectivity index (χ2v) is 6.54. The van der Waals surface area contributed by atoms with Crippen molar-refractivity contribution >= 4 is 27.7 Å². The molecule has 5 nitrogen and oxygen atoms in total. The van der Waals surface area contributed by atoms with Crippen molar-refractivity contribution in [3.63, 3.8) is 0 Å². The molecule has 0 spiro atoms. The zero-order valence-corrected chi connectivity index (χ0v) is 11.9. The highest BCUT2D eigenvalue weighted by molar-refractivity contribution is 7.98. The fourth-order valence-corrected chi connectivity index (χ4v) is 3.46. The minimum absolute atomic E-state index is 0.511. The third-order valence-corrected chi connectivity index (χ3v) is 5.00. The van der Waals surface area contributed by atoms with Gasteiger partial charge in [0.1, 0.15) is 0 Å². The Bertz CT molecular complexity index is 499. The second kappa shape index (κ2) is 5.92. The molecule has 0 amide bonds. The van der Waals surface area contributed by atoms with Gasteiger partial charge in [-0.05, 0) is 24.5 Å². The maximum atomic E-state index is 12.1. The average molecular weight is 287 g/mol. The first-order valence-electron chi connectivity index (χ1n) is 5.74. The van der Waals surface area contributed by atoms with E-state index in [-0.39, 0.29) is 0 Å². The number of nitrogens with one attached hydrogen (secondary N) is 2. The molecular formula is C11H17N3O2S2. The van der Waals surface area contributed by atoms with E-state index in [1.165, 1.54) is 4.31 Å². The minimum Gasteiger partial charge on any atom is -0.314 e. The lowest BCUT2D eigenvalue weighted by Gasteiger charge is -2.26. The van der Waals surface area contributed by atoms with Crippen molar-refractivity contribution in [1.82, 2.24) is 9.62 Å². The summed E-state index contributed by atoms with van der Waals surface area (Å²) in [5, 5.41) is 3.13. The van der Waals surface area contributed by atoms with E-state index in [1.54, 1.807) is 17.8 Å². The van der Waals surface area contributed by atoms with Gasteiger partial charge in [0.05, 0.1) is 5.69 Å². The van der Waals surface area contributed by atoms with Crippen LogP contribution in [0.1, 0.15) is 0 Å². The number of rotatable bonds is 4. The largest absolute Gasteiger partial charge is 0.314 e. The molecule has 0 bridgehead atoms. The predicted molar refractivity (Wildman–Crippen MR) is 75.2 cm³/mol. The van der Waals surface area contributed by atoms with Crippen LogP contribution in [0.3, 0.4) is 0 Å². The predicted octanol–water partition coefficient (Wildman–Crippen LogP) is 0.970. The van der Waals surface area contributed by atoms with Gasteiger partial charge in [0.25, 0.3) is 0 Å². The summed E-state index contributed by atoms with van der Waals surface area (Å²) in [5.41, 5.74) is 0.611. The maximum absolute atomic E-state index is 12.1. The Labute approximate surface area is 112 Å². The molecule has 1 heterocycles. The van der Waals surface area contributed by atoms with Gasteiger partial charge in [0, 0.05) is 31.1 Å². The summed E-state index contributed by atoms with van der Waals surface area (Å²) >= 11 is 1.59. The highest BCUT2D eigenvalue weighted by Gasteiger charge is 2.23. The van der Waals surface area contributed by atoms with Crippen molar-refractivity contribution in [3.05, 3.63) is 24.3 Å². The van der Waals surface area contributed by atoms with Gasteiger partial charge in [0.15, 0.2) is 0 Å². The van der Waals surface area contributed by atoms with E-state index < -0.39 is 10.2 Å². The molecule has 100 valence electrons. The van der Waals surface area contributed by atoms with Crippen LogP contribution in [0.15, 0.2) is 29.2 Å². The van der Waals surface area contributed by atoms with Crippen LogP contribution in [0.5, 0.6) is 0 Å². The summed E-state index contributed by atoms with van der Waals surface area (Å²) in [5.74, 6) is 0. The first-order valence-corrected chi connectivity index (χ1v) is 8.41. The molecule has 1 aromatic rings. The Morgan fingerprint density at radius 1 is 1.33 bits per heavy atom. The lowest BCUT2D eigenvalue weighted by Crippen LogP contribution is -2.48. The van der Waals surface area contributed by atoms with Crippen LogP contribution in [0.2, 0.25) is 0 Å². The number of piperazine rings is 1. The van der Waals surface area contributed by atoms with Crippen LogP contribution in [-0.4, -0.2) is 45.2 Å². The first-order chi connectivity index (χ1) is 8.62. The third-order valence-electron chi connectivity index (χ3n) is 2.73. The lowest BCUT2D eigenvalue weighted by atomic mass is 10.3. The zero-order chi connectivity index (χ0) is 13.0. The topological polar surface area (TPSA) is 61.4 Å². The molecule has 0 aromatic heterocycles. The summed E-state index contributed by atoms with van der Waals surface area (Å²) < 4.78 is 28.4. The molecule has 1 fully saturated rings. The van der Waals surface area contributed by atoms with Gasteiger partial charge in [-0.15, -0.1) is 11.8 Å². The van der Waals surface area contributed by atoms with E-state index in [4.69, 9.17) is 0 Å². The SMILES string of the molecule is CSc1cccc(NS(=O)(=O)N2CCNCC2)c1. The molecule has 1 aromatic carbocycles. The van der Waals surface area contributed by atoms with Crippen LogP contribution in [0.25, 0.3) is 0 Å². The van der Waals surface area contributed by atoms with Crippen molar-refractivity contribution in [2.75, 3.05) is 37.2 Å². The molecule has 1 saturated heterocycles. The monoisotopic (exact) mass is 287 g/mol. The number of benzene rings is 1. The number of anilines is 1. The Balaban J connectivity index is 2.11. The summed E-state index contributed by atoms with van der Waals surface area (Å²) in [7, 11) is -3.43. The van der Waals surface area contributed by atoms with Crippen LogP contribution < -0.4 is 10.0 Å². The second-order valence-electron chi connectivity index (χ2n) is 3.99. The number of thioether (sulfide) groups is 1. The van der Waals surface area contributed by atoms with Gasteiger partial charge in [-0.2, -0.15) is 12.7 Å². The van der Waals surface area contributed by atoms with Crippen molar-refractivity contribution in [1.29, 1.82) is 0 Å². The standard InChI is InChI=1S/C11H17N3O2S2/c1-17-11-4-2-3-10(9-11)13-18(15,16)14-7-5-12-6-8-14/h2-4,9,12-13H,5-8H2,1H3. The molecule has 0 aliphatic carbocycles. The number of nitrogens with zero attached hydrogens (tertiary/aromatic N) is 1. The van der Waals surface area contributed by atoms with Gasteiger partial charge in [-0.1, -0.05) is 6.07 Å². The van der Waals surface area contributed by atoms with Crippen LogP contribution >= 0.6 is 11.8 Å². The van der Waals surface area contributed by atoms with Crippen LogP contribution in [-0.2, 0) is 10.2 Å². The summed E-state index contributed by atoms with van der Waals surface area (Å²) in [4.78, 5) is 1.04. The summed E-state index contributed by atoms with van der Waals surface area (Å²) in [6.45, 7) is 2.42. The van der Waals surface area contributed by atoms with E-state index in [0.29, 0.717) is 31.9 Å². The molecule has 1 aliphatic heterocycles. The molecule has 0 saturated carbocycles. The molecule has 0 atom stereocenters. The molecule has 0 unspecified atom stereocenters. The fraction of sp³-hybridized carbons (Fsp3) is 0.455. The lowest BCUT2D eigenvalue weighted by molar-refractivity contribution is 0.362. The highest BCUT2D eigenvalue weighted by Crippen LogP contribution is 2.20. The van der Waals surface area contributed by atoms with Crippen molar-refractivity contribution < 1.29 is 8.42 Å². The van der Waals surface area contributed by atoms with E-state index in [1.807, 2.05) is 24.5 Å². The molecule has 2 N–H and O–H groups in total. The van der Waals surface area contributed by atoms with Crippen LogP contribution in [0, 0.1) is 0 Å².